The molecule has 8 nitrogen and oxygen atoms in total. The summed E-state index contributed by atoms with van der Waals surface area (Å²) in [6.45, 7) is 3.48. The van der Waals surface area contributed by atoms with Gasteiger partial charge >= 0.3 is 5.97 Å². The average molecular weight is 421 g/mol. The number of esters is 1. The van der Waals surface area contributed by atoms with Crippen LogP contribution in [0, 0.1) is 13.8 Å². The van der Waals surface area contributed by atoms with E-state index < -0.39 is 5.97 Å². The largest absolute Gasteiger partial charge is 0.465 e. The second kappa shape index (κ2) is 8.11. The summed E-state index contributed by atoms with van der Waals surface area (Å²) in [7, 11) is 1.32. The zero-order valence-electron chi connectivity index (χ0n) is 16.7. The Hall–Kier alpha value is -3.46. The minimum atomic E-state index is -0.459. The molecule has 0 bridgehead atoms. The topological polar surface area (TPSA) is 103 Å². The van der Waals surface area contributed by atoms with Gasteiger partial charge in [0.05, 0.1) is 41.4 Å². The van der Waals surface area contributed by atoms with Crippen LogP contribution < -0.4 is 0 Å². The lowest BCUT2D eigenvalue weighted by molar-refractivity contribution is 0.0599. The average Bonchev–Trinajstić information content (AvgIpc) is 3.33. The molecule has 30 heavy (non-hydrogen) atoms. The van der Waals surface area contributed by atoms with E-state index in [1.165, 1.54) is 25.2 Å². The Morgan fingerprint density at radius 3 is 2.67 bits per heavy atom. The fraction of sp³-hybridized carbons (Fsp3) is 0.190. The van der Waals surface area contributed by atoms with Crippen LogP contribution in [0.15, 0.2) is 47.9 Å². The van der Waals surface area contributed by atoms with Crippen molar-refractivity contribution in [2.24, 2.45) is 0 Å². The van der Waals surface area contributed by atoms with Crippen molar-refractivity contribution in [3.05, 3.63) is 65.4 Å². The van der Waals surface area contributed by atoms with Gasteiger partial charge in [0.2, 0.25) is 0 Å². The summed E-state index contributed by atoms with van der Waals surface area (Å²) in [5.41, 5.74) is 3.58. The number of H-pyrrole nitrogens is 1. The Morgan fingerprint density at radius 2 is 1.93 bits per heavy atom. The van der Waals surface area contributed by atoms with E-state index in [-0.39, 0.29) is 11.5 Å². The second-order valence-electron chi connectivity index (χ2n) is 6.64. The SMILES string of the molecule is COC(=O)c1c(C)[nH]c(C(=O)CSc2ncnc3c2cnn3-c2ccccc2)c1C. The van der Waals surface area contributed by atoms with Crippen LogP contribution >= 0.6 is 11.8 Å². The number of carbonyl (C=O) groups is 2. The number of ether oxygens (including phenoxy) is 1. The van der Waals surface area contributed by atoms with Crippen molar-refractivity contribution in [2.75, 3.05) is 12.9 Å². The summed E-state index contributed by atoms with van der Waals surface area (Å²) in [5.74, 6) is -0.430. The molecule has 0 atom stereocenters. The van der Waals surface area contributed by atoms with E-state index in [0.717, 1.165) is 11.1 Å². The van der Waals surface area contributed by atoms with Gasteiger partial charge in [-0.05, 0) is 31.5 Å². The highest BCUT2D eigenvalue weighted by molar-refractivity contribution is 8.00. The highest BCUT2D eigenvalue weighted by atomic mass is 32.2. The molecule has 152 valence electrons. The predicted molar refractivity (Wildman–Crippen MR) is 113 cm³/mol. The first-order chi connectivity index (χ1) is 14.5. The Balaban J connectivity index is 1.58. The number of fused-ring (bicyclic) bond motifs is 1. The van der Waals surface area contributed by atoms with Crippen molar-refractivity contribution in [3.8, 4) is 5.69 Å². The number of carbonyl (C=O) groups excluding carboxylic acids is 2. The van der Waals surface area contributed by atoms with E-state index in [2.05, 4.69) is 20.1 Å². The molecule has 0 aliphatic carbocycles. The van der Waals surface area contributed by atoms with Crippen molar-refractivity contribution in [1.82, 2.24) is 24.7 Å². The first-order valence-electron chi connectivity index (χ1n) is 9.19. The van der Waals surface area contributed by atoms with Crippen molar-refractivity contribution < 1.29 is 14.3 Å². The third-order valence-electron chi connectivity index (χ3n) is 4.78. The molecular weight excluding hydrogens is 402 g/mol. The maximum atomic E-state index is 12.8. The van der Waals surface area contributed by atoms with Gasteiger partial charge in [0.25, 0.3) is 0 Å². The number of rotatable bonds is 6. The third-order valence-corrected chi connectivity index (χ3v) is 5.78. The molecule has 0 saturated heterocycles. The number of nitrogens with zero attached hydrogens (tertiary/aromatic N) is 4. The number of hydrogen-bond donors (Lipinski definition) is 1. The van der Waals surface area contributed by atoms with Crippen LogP contribution in [-0.2, 0) is 4.74 Å². The highest BCUT2D eigenvalue weighted by Crippen LogP contribution is 2.27. The first kappa shape index (κ1) is 19.8. The summed E-state index contributed by atoms with van der Waals surface area (Å²) in [4.78, 5) is 36.5. The lowest BCUT2D eigenvalue weighted by atomic mass is 10.1. The maximum absolute atomic E-state index is 12.8. The molecule has 3 aromatic heterocycles. The van der Waals surface area contributed by atoms with E-state index in [9.17, 15) is 9.59 Å². The Labute approximate surface area is 176 Å². The summed E-state index contributed by atoms with van der Waals surface area (Å²) >= 11 is 1.31. The third kappa shape index (κ3) is 3.48. The molecule has 0 spiro atoms. The van der Waals surface area contributed by atoms with E-state index in [4.69, 9.17) is 4.74 Å². The summed E-state index contributed by atoms with van der Waals surface area (Å²) in [6.07, 6.45) is 3.17. The predicted octanol–water partition coefficient (Wildman–Crippen LogP) is 3.52. The molecule has 0 aliphatic rings. The number of hydrogen-bond acceptors (Lipinski definition) is 7. The molecule has 0 saturated carbocycles. The van der Waals surface area contributed by atoms with Gasteiger partial charge in [-0.15, -0.1) is 0 Å². The van der Waals surface area contributed by atoms with Crippen LogP contribution in [0.3, 0.4) is 0 Å². The van der Waals surface area contributed by atoms with Crippen LogP contribution in [0.4, 0.5) is 0 Å². The fourth-order valence-electron chi connectivity index (χ4n) is 3.34. The molecule has 1 N–H and O–H groups in total. The van der Waals surface area contributed by atoms with E-state index in [1.54, 1.807) is 24.7 Å². The first-order valence-corrected chi connectivity index (χ1v) is 10.2. The van der Waals surface area contributed by atoms with Crippen molar-refractivity contribution in [2.45, 2.75) is 18.9 Å². The zero-order valence-corrected chi connectivity index (χ0v) is 17.5. The maximum Gasteiger partial charge on any atom is 0.339 e. The molecule has 0 unspecified atom stereocenters. The van der Waals surface area contributed by atoms with Gasteiger partial charge in [0.15, 0.2) is 11.4 Å². The van der Waals surface area contributed by atoms with Gasteiger partial charge in [0, 0.05) is 5.69 Å². The van der Waals surface area contributed by atoms with Crippen LogP contribution in [0.1, 0.15) is 32.1 Å². The van der Waals surface area contributed by atoms with Crippen molar-refractivity contribution in [1.29, 1.82) is 0 Å². The highest BCUT2D eigenvalue weighted by Gasteiger charge is 2.23. The number of ketones is 1. The van der Waals surface area contributed by atoms with E-state index in [0.29, 0.717) is 33.2 Å². The molecular formula is C21H19N5O3S. The number of para-hydroxylation sites is 1. The molecule has 4 aromatic rings. The van der Waals surface area contributed by atoms with Crippen LogP contribution in [0.5, 0.6) is 0 Å². The smallest absolute Gasteiger partial charge is 0.339 e. The number of aromatic nitrogens is 5. The van der Waals surface area contributed by atoms with Crippen LogP contribution in [-0.4, -0.2) is 49.3 Å². The number of thioether (sulfide) groups is 1. The van der Waals surface area contributed by atoms with Gasteiger partial charge in [-0.25, -0.2) is 19.4 Å². The summed E-state index contributed by atoms with van der Waals surface area (Å²) < 4.78 is 6.55. The monoisotopic (exact) mass is 421 g/mol. The number of aromatic amines is 1. The standard InChI is InChI=1S/C21H19N5O3S/c1-12-17(21(28)29-3)13(2)25-18(12)16(27)10-30-20-15-9-24-26(19(15)22-11-23-20)14-7-5-4-6-8-14/h4-9,11,25H,10H2,1-3H3. The molecule has 3 heterocycles. The molecule has 0 radical (unpaired) electrons. The zero-order chi connectivity index (χ0) is 21.3. The van der Waals surface area contributed by atoms with Crippen LogP contribution in [0.25, 0.3) is 16.7 Å². The van der Waals surface area contributed by atoms with Gasteiger partial charge in [-0.1, -0.05) is 30.0 Å². The lowest BCUT2D eigenvalue weighted by Gasteiger charge is -2.04. The normalized spacial score (nSPS) is 11.0. The Kier molecular flexibility index (Phi) is 5.37. The number of nitrogens with one attached hydrogen (secondary N) is 1. The minimum absolute atomic E-state index is 0.127. The molecule has 0 amide bonds. The molecule has 9 heteroatoms. The molecule has 0 aliphatic heterocycles. The quantitative estimate of drug-likeness (QED) is 0.220. The fourth-order valence-corrected chi connectivity index (χ4v) is 4.17. The van der Waals surface area contributed by atoms with Gasteiger partial charge < -0.3 is 9.72 Å². The molecule has 4 rings (SSSR count). The Morgan fingerprint density at radius 1 is 1.17 bits per heavy atom. The van der Waals surface area contributed by atoms with Gasteiger partial charge in [-0.2, -0.15) is 5.10 Å². The van der Waals surface area contributed by atoms with Crippen molar-refractivity contribution >= 4 is 34.5 Å². The van der Waals surface area contributed by atoms with Gasteiger partial charge in [0.1, 0.15) is 11.4 Å². The summed E-state index contributed by atoms with van der Waals surface area (Å²) in [5, 5.41) is 5.87. The number of Topliss-reactive ketones (excluding diaryl/α,β-unsaturated/α-hetero) is 1. The van der Waals surface area contributed by atoms with Crippen molar-refractivity contribution in [3.63, 3.8) is 0 Å². The van der Waals surface area contributed by atoms with E-state index in [1.807, 2.05) is 30.3 Å². The minimum Gasteiger partial charge on any atom is -0.465 e. The van der Waals surface area contributed by atoms with Crippen LogP contribution in [0.2, 0.25) is 0 Å². The second-order valence-corrected chi connectivity index (χ2v) is 7.60. The lowest BCUT2D eigenvalue weighted by Crippen LogP contribution is -2.07. The Bertz CT molecular complexity index is 1250. The van der Waals surface area contributed by atoms with E-state index >= 15 is 0 Å². The molecule has 0 fully saturated rings. The number of aryl methyl sites for hydroxylation is 1. The van der Waals surface area contributed by atoms with Gasteiger partial charge in [-0.3, -0.25) is 4.79 Å². The number of benzene rings is 1. The number of methoxy groups -OCH3 is 1. The summed E-state index contributed by atoms with van der Waals surface area (Å²) in [6, 6.07) is 9.69. The molecule has 1 aromatic carbocycles.